The number of nitrogens with zero attached hydrogens (tertiary/aromatic N) is 1. The Morgan fingerprint density at radius 2 is 1.58 bits per heavy atom. The van der Waals surface area contributed by atoms with Crippen LogP contribution in [-0.4, -0.2) is 38.5 Å². The quantitative estimate of drug-likeness (QED) is 0.410. The molecule has 0 aliphatic carbocycles. The first kappa shape index (κ1) is 25.9. The van der Waals surface area contributed by atoms with E-state index in [1.807, 2.05) is 60.7 Å². The van der Waals surface area contributed by atoms with E-state index in [0.717, 1.165) is 17.5 Å². The number of methoxy groups -OCH3 is 1. The highest BCUT2D eigenvalue weighted by Crippen LogP contribution is 2.29. The average molecular weight is 509 g/mol. The van der Waals surface area contributed by atoms with Crippen molar-refractivity contribution in [3.63, 3.8) is 0 Å². The zero-order chi connectivity index (χ0) is 25.4. The van der Waals surface area contributed by atoms with Gasteiger partial charge in [-0.1, -0.05) is 60.7 Å². The van der Waals surface area contributed by atoms with Crippen molar-refractivity contribution in [2.75, 3.05) is 13.7 Å². The summed E-state index contributed by atoms with van der Waals surface area (Å²) < 4.78 is 39.7. The molecular weight excluding hydrogens is 476 g/mol. The molecule has 0 radical (unpaired) electrons. The largest absolute Gasteiger partial charge is 0.497 e. The van der Waals surface area contributed by atoms with E-state index < -0.39 is 16.2 Å². The number of esters is 1. The third-order valence-electron chi connectivity index (χ3n) is 6.38. The molecule has 3 aromatic carbocycles. The number of hydrogen-bond donors (Lipinski definition) is 1. The fraction of sp³-hybridized carbons (Fsp3) is 0.321. The summed E-state index contributed by atoms with van der Waals surface area (Å²) >= 11 is 0. The van der Waals surface area contributed by atoms with Gasteiger partial charge in [0.05, 0.1) is 18.2 Å². The molecule has 36 heavy (non-hydrogen) atoms. The molecule has 4 rings (SSSR count). The molecule has 0 amide bonds. The standard InChI is InChI=1S/C28H32N2O5S/c1-34-25-12-14-26(15-13-25)36(32,33)30(20-22-8-4-2-5-9-22)27-18-24(16-17-29-27)19-28(31)35-21-23-10-6-3-7-11-23/h2-15,24,27,29H,16-21H2,1H3. The molecule has 2 unspecified atom stereocenters. The highest BCUT2D eigenvalue weighted by atomic mass is 32.2. The van der Waals surface area contributed by atoms with Crippen LogP contribution in [0.5, 0.6) is 5.75 Å². The second-order valence-corrected chi connectivity index (χ2v) is 10.8. The molecule has 1 aliphatic heterocycles. The van der Waals surface area contributed by atoms with Crippen LogP contribution in [-0.2, 0) is 32.7 Å². The van der Waals surface area contributed by atoms with Crippen LogP contribution in [0.4, 0.5) is 0 Å². The van der Waals surface area contributed by atoms with Crippen LogP contribution in [0.15, 0.2) is 89.8 Å². The lowest BCUT2D eigenvalue weighted by Crippen LogP contribution is -2.52. The molecule has 0 bridgehead atoms. The summed E-state index contributed by atoms with van der Waals surface area (Å²) in [6, 6.07) is 25.5. The Bertz CT molecular complexity index is 1220. The van der Waals surface area contributed by atoms with Crippen LogP contribution in [0.1, 0.15) is 30.4 Å². The zero-order valence-corrected chi connectivity index (χ0v) is 21.2. The summed E-state index contributed by atoms with van der Waals surface area (Å²) in [5.74, 6) is 0.342. The third kappa shape index (κ3) is 6.72. The van der Waals surface area contributed by atoms with Crippen molar-refractivity contribution < 1.29 is 22.7 Å². The summed E-state index contributed by atoms with van der Waals surface area (Å²) in [7, 11) is -2.28. The predicted molar refractivity (Wildman–Crippen MR) is 138 cm³/mol. The van der Waals surface area contributed by atoms with Crippen LogP contribution in [0, 0.1) is 5.92 Å². The van der Waals surface area contributed by atoms with Gasteiger partial charge >= 0.3 is 5.97 Å². The topological polar surface area (TPSA) is 84.9 Å². The lowest BCUT2D eigenvalue weighted by molar-refractivity contribution is -0.146. The normalized spacial score (nSPS) is 18.1. The molecule has 1 saturated heterocycles. The van der Waals surface area contributed by atoms with Gasteiger partial charge in [0.25, 0.3) is 0 Å². The lowest BCUT2D eigenvalue weighted by atomic mass is 9.92. The number of ether oxygens (including phenoxy) is 2. The molecular formula is C28H32N2O5S. The van der Waals surface area contributed by atoms with Gasteiger partial charge in [0, 0.05) is 13.0 Å². The minimum Gasteiger partial charge on any atom is -0.497 e. The maximum absolute atomic E-state index is 13.8. The number of hydrogen-bond acceptors (Lipinski definition) is 6. The molecule has 3 aromatic rings. The highest BCUT2D eigenvalue weighted by Gasteiger charge is 2.35. The van der Waals surface area contributed by atoms with Gasteiger partial charge in [-0.2, -0.15) is 4.31 Å². The number of piperidine rings is 1. The third-order valence-corrected chi connectivity index (χ3v) is 8.25. The smallest absolute Gasteiger partial charge is 0.306 e. The van der Waals surface area contributed by atoms with Crippen LogP contribution >= 0.6 is 0 Å². The lowest BCUT2D eigenvalue weighted by Gasteiger charge is -2.37. The van der Waals surface area contributed by atoms with Gasteiger partial charge in [0.2, 0.25) is 10.0 Å². The average Bonchev–Trinajstić information content (AvgIpc) is 2.92. The minimum atomic E-state index is -3.82. The number of rotatable bonds is 10. The minimum absolute atomic E-state index is 0.0175. The molecule has 190 valence electrons. The number of benzene rings is 3. The van der Waals surface area contributed by atoms with Gasteiger partial charge in [-0.25, -0.2) is 8.42 Å². The van der Waals surface area contributed by atoms with E-state index in [1.165, 1.54) is 4.31 Å². The van der Waals surface area contributed by atoms with Gasteiger partial charge in [-0.15, -0.1) is 0 Å². The van der Waals surface area contributed by atoms with Gasteiger partial charge < -0.3 is 14.8 Å². The first-order chi connectivity index (χ1) is 17.5. The van der Waals surface area contributed by atoms with E-state index in [2.05, 4.69) is 5.32 Å². The molecule has 1 N–H and O–H groups in total. The molecule has 0 aromatic heterocycles. The molecule has 2 atom stereocenters. The summed E-state index contributed by atoms with van der Waals surface area (Å²) in [4.78, 5) is 12.7. The van der Waals surface area contributed by atoms with Crippen molar-refractivity contribution in [3.8, 4) is 5.75 Å². The maximum Gasteiger partial charge on any atom is 0.306 e. The van der Waals surface area contributed by atoms with Crippen molar-refractivity contribution in [1.82, 2.24) is 9.62 Å². The van der Waals surface area contributed by atoms with Gasteiger partial charge in [-0.3, -0.25) is 4.79 Å². The Morgan fingerprint density at radius 3 is 2.22 bits per heavy atom. The first-order valence-corrected chi connectivity index (χ1v) is 13.5. The van der Waals surface area contributed by atoms with Crippen LogP contribution < -0.4 is 10.1 Å². The molecule has 0 spiro atoms. The van der Waals surface area contributed by atoms with Crippen molar-refractivity contribution in [2.24, 2.45) is 5.92 Å². The summed E-state index contributed by atoms with van der Waals surface area (Å²) in [6.45, 7) is 1.07. The van der Waals surface area contributed by atoms with E-state index >= 15 is 0 Å². The Hall–Kier alpha value is -3.20. The number of sulfonamides is 1. The summed E-state index contributed by atoms with van der Waals surface area (Å²) in [5.41, 5.74) is 1.83. The molecule has 7 nitrogen and oxygen atoms in total. The van der Waals surface area contributed by atoms with Crippen LogP contribution in [0.3, 0.4) is 0 Å². The molecule has 1 aliphatic rings. The van der Waals surface area contributed by atoms with Crippen LogP contribution in [0.25, 0.3) is 0 Å². The number of carbonyl (C=O) groups excluding carboxylic acids is 1. The Balaban J connectivity index is 1.49. The maximum atomic E-state index is 13.8. The van der Waals surface area contributed by atoms with Crippen molar-refractivity contribution in [2.45, 2.75) is 43.5 Å². The fourth-order valence-corrected chi connectivity index (χ4v) is 5.98. The SMILES string of the molecule is COc1ccc(S(=O)(=O)N(Cc2ccccc2)C2CC(CC(=O)OCc3ccccc3)CCN2)cc1. The van der Waals surface area contributed by atoms with E-state index in [-0.39, 0.29) is 36.4 Å². The molecule has 0 saturated carbocycles. The predicted octanol–water partition coefficient (Wildman–Crippen LogP) is 4.35. The highest BCUT2D eigenvalue weighted by molar-refractivity contribution is 7.89. The van der Waals surface area contributed by atoms with E-state index in [4.69, 9.17) is 9.47 Å². The first-order valence-electron chi connectivity index (χ1n) is 12.1. The fourth-order valence-electron chi connectivity index (χ4n) is 4.42. The Morgan fingerprint density at radius 1 is 0.944 bits per heavy atom. The molecule has 1 heterocycles. The van der Waals surface area contributed by atoms with Crippen molar-refractivity contribution in [1.29, 1.82) is 0 Å². The summed E-state index contributed by atoms with van der Waals surface area (Å²) in [5, 5.41) is 3.37. The Kier molecular flexibility index (Phi) is 8.74. The molecule has 1 fully saturated rings. The number of carbonyl (C=O) groups is 1. The monoisotopic (exact) mass is 508 g/mol. The Labute approximate surface area is 213 Å². The van der Waals surface area contributed by atoms with E-state index in [0.29, 0.717) is 18.7 Å². The van der Waals surface area contributed by atoms with Crippen LogP contribution in [0.2, 0.25) is 0 Å². The van der Waals surface area contributed by atoms with Crippen molar-refractivity contribution in [3.05, 3.63) is 96.1 Å². The van der Waals surface area contributed by atoms with Crippen molar-refractivity contribution >= 4 is 16.0 Å². The molecule has 8 heteroatoms. The second-order valence-electron chi connectivity index (χ2n) is 8.92. The van der Waals surface area contributed by atoms with E-state index in [1.54, 1.807) is 31.4 Å². The van der Waals surface area contributed by atoms with E-state index in [9.17, 15) is 13.2 Å². The summed E-state index contributed by atoms with van der Waals surface area (Å²) in [6.07, 6.45) is 1.10. The zero-order valence-electron chi connectivity index (χ0n) is 20.4. The van der Waals surface area contributed by atoms with Gasteiger partial charge in [0.1, 0.15) is 12.4 Å². The second kappa shape index (κ2) is 12.2. The van der Waals surface area contributed by atoms with Gasteiger partial charge in [0.15, 0.2) is 0 Å². The number of nitrogens with one attached hydrogen (secondary N) is 1. The van der Waals surface area contributed by atoms with Gasteiger partial charge in [-0.05, 0) is 60.7 Å².